The van der Waals surface area contributed by atoms with Crippen LogP contribution in [0.2, 0.25) is 0 Å². The number of sulfonamides is 1. The van der Waals surface area contributed by atoms with E-state index < -0.39 is 40.3 Å². The molecule has 0 saturated carbocycles. The summed E-state index contributed by atoms with van der Waals surface area (Å²) in [6.45, 7) is -0.325. The number of nitrogens with one attached hydrogen (secondary N) is 1. The first-order valence-electron chi connectivity index (χ1n) is 7.65. The maximum Gasteiger partial charge on any atom is 0.324 e. The van der Waals surface area contributed by atoms with E-state index in [1.807, 2.05) is 0 Å². The Morgan fingerprint density at radius 1 is 1.35 bits per heavy atom. The molecular weight excluding hydrogens is 390 g/mol. The van der Waals surface area contributed by atoms with Crippen LogP contribution in [0.1, 0.15) is 12.8 Å². The third-order valence-corrected chi connectivity index (χ3v) is 5.62. The van der Waals surface area contributed by atoms with E-state index in [2.05, 4.69) is 5.32 Å². The van der Waals surface area contributed by atoms with E-state index in [4.69, 9.17) is 4.74 Å². The van der Waals surface area contributed by atoms with E-state index in [-0.39, 0.29) is 6.54 Å². The first-order chi connectivity index (χ1) is 12.2. The number of ether oxygens (including phenoxy) is 1. The van der Waals surface area contributed by atoms with Crippen molar-refractivity contribution in [1.29, 1.82) is 0 Å². The number of hydrogen-bond acceptors (Lipinski definition) is 6. The lowest BCUT2D eigenvalue weighted by Crippen LogP contribution is -2.41. The Labute approximate surface area is 154 Å². The van der Waals surface area contributed by atoms with Crippen LogP contribution in [0.25, 0.3) is 0 Å². The number of hydrogen-bond donors (Lipinski definition) is 1. The number of halogens is 2. The van der Waals surface area contributed by atoms with Gasteiger partial charge < -0.3 is 10.1 Å². The minimum absolute atomic E-state index is 0.244. The van der Waals surface area contributed by atoms with Crippen LogP contribution in [0.4, 0.5) is 14.5 Å². The Morgan fingerprint density at radius 2 is 2.00 bits per heavy atom. The van der Waals surface area contributed by atoms with Crippen LogP contribution in [-0.4, -0.2) is 55.8 Å². The van der Waals surface area contributed by atoms with Gasteiger partial charge in [0.15, 0.2) is 6.61 Å². The summed E-state index contributed by atoms with van der Waals surface area (Å²) in [6, 6.07) is 4.85. The van der Waals surface area contributed by atoms with Crippen molar-refractivity contribution < 1.29 is 31.5 Å². The van der Waals surface area contributed by atoms with Crippen molar-refractivity contribution in [1.82, 2.24) is 4.31 Å². The molecule has 0 spiro atoms. The van der Waals surface area contributed by atoms with Gasteiger partial charge >= 0.3 is 5.97 Å². The van der Waals surface area contributed by atoms with E-state index in [0.717, 1.165) is 10.6 Å². The Bertz CT molecular complexity index is 756. The Morgan fingerprint density at radius 3 is 2.58 bits per heavy atom. The molecule has 2 rings (SSSR count). The number of alkyl halides is 2. The van der Waals surface area contributed by atoms with Crippen molar-refractivity contribution in [3.63, 3.8) is 0 Å². The van der Waals surface area contributed by atoms with Gasteiger partial charge in [-0.2, -0.15) is 13.1 Å². The average Bonchev–Trinajstić information content (AvgIpc) is 3.04. The minimum atomic E-state index is -3.52. The van der Waals surface area contributed by atoms with Gasteiger partial charge in [-0.05, 0) is 37.1 Å². The number of nitrogens with zero attached hydrogens (tertiary/aromatic N) is 1. The first-order valence-corrected chi connectivity index (χ1v) is 10.4. The number of rotatable bonds is 7. The van der Waals surface area contributed by atoms with E-state index >= 15 is 0 Å². The molecule has 1 amide bonds. The van der Waals surface area contributed by atoms with Gasteiger partial charge in [-0.1, -0.05) is 11.8 Å². The Balaban J connectivity index is 1.84. The molecule has 0 unspecified atom stereocenters. The summed E-state index contributed by atoms with van der Waals surface area (Å²) < 4.78 is 53.7. The number of amides is 1. The summed E-state index contributed by atoms with van der Waals surface area (Å²) >= 11 is 0.387. The number of benzene rings is 1. The van der Waals surface area contributed by atoms with Crippen molar-refractivity contribution in [2.45, 2.75) is 29.5 Å². The average molecular weight is 408 g/mol. The number of thioether (sulfide) groups is 1. The highest BCUT2D eigenvalue weighted by atomic mass is 32.2. The lowest BCUT2D eigenvalue weighted by molar-refractivity contribution is -0.150. The standard InChI is InChI=1S/C15H18F2N2O5S2/c1-26(22,23)19-8-2-3-12(19)14(21)24-9-13(20)18-10-4-6-11(7-5-10)25-15(16)17/h4-7,12,15H,2-3,8-9H2,1H3,(H,18,20)/t12-/m0/s1. The second kappa shape index (κ2) is 8.78. The summed E-state index contributed by atoms with van der Waals surface area (Å²) in [5.41, 5.74) is 0.364. The summed E-state index contributed by atoms with van der Waals surface area (Å²) in [6.07, 6.45) is 1.90. The fourth-order valence-electron chi connectivity index (χ4n) is 2.52. The van der Waals surface area contributed by atoms with Crippen molar-refractivity contribution in [3.05, 3.63) is 24.3 Å². The van der Waals surface area contributed by atoms with Crippen LogP contribution in [0.5, 0.6) is 0 Å². The van der Waals surface area contributed by atoms with Gasteiger partial charge in [0.25, 0.3) is 11.7 Å². The molecule has 1 fully saturated rings. The highest BCUT2D eigenvalue weighted by molar-refractivity contribution is 7.99. The molecule has 26 heavy (non-hydrogen) atoms. The molecule has 1 saturated heterocycles. The van der Waals surface area contributed by atoms with Gasteiger partial charge in [-0.25, -0.2) is 8.42 Å². The molecule has 1 heterocycles. The molecule has 0 radical (unpaired) electrons. The predicted molar refractivity (Wildman–Crippen MR) is 92.5 cm³/mol. The zero-order chi connectivity index (χ0) is 19.3. The van der Waals surface area contributed by atoms with E-state index in [1.165, 1.54) is 24.3 Å². The molecule has 144 valence electrons. The third kappa shape index (κ3) is 5.92. The lowest BCUT2D eigenvalue weighted by Gasteiger charge is -2.20. The molecule has 1 aliphatic rings. The molecule has 0 bridgehead atoms. The highest BCUT2D eigenvalue weighted by Crippen LogP contribution is 2.26. The van der Waals surface area contributed by atoms with Gasteiger partial charge in [0.05, 0.1) is 6.26 Å². The SMILES string of the molecule is CS(=O)(=O)N1CCC[C@H]1C(=O)OCC(=O)Nc1ccc(SC(F)F)cc1. The highest BCUT2D eigenvalue weighted by Gasteiger charge is 2.37. The van der Waals surface area contributed by atoms with Crippen LogP contribution in [0.3, 0.4) is 0 Å². The van der Waals surface area contributed by atoms with Crippen molar-refractivity contribution >= 4 is 39.3 Å². The fourth-order valence-corrected chi connectivity index (χ4v) is 4.14. The maximum absolute atomic E-state index is 12.2. The van der Waals surface area contributed by atoms with Gasteiger partial charge in [-0.3, -0.25) is 9.59 Å². The molecule has 0 aliphatic carbocycles. The first kappa shape index (κ1) is 20.6. The summed E-state index contributed by atoms with van der Waals surface area (Å²) in [5, 5.41) is 2.47. The summed E-state index contributed by atoms with van der Waals surface area (Å²) in [7, 11) is -3.52. The topological polar surface area (TPSA) is 92.8 Å². The minimum Gasteiger partial charge on any atom is -0.454 e. The molecule has 7 nitrogen and oxygen atoms in total. The maximum atomic E-state index is 12.2. The van der Waals surface area contributed by atoms with Crippen molar-refractivity contribution in [2.24, 2.45) is 0 Å². The Kier molecular flexibility index (Phi) is 6.95. The molecule has 1 atom stereocenters. The second-order valence-corrected chi connectivity index (χ2v) is 8.59. The number of anilines is 1. The Hall–Kier alpha value is -1.72. The second-order valence-electron chi connectivity index (χ2n) is 5.59. The van der Waals surface area contributed by atoms with Gasteiger partial charge in [-0.15, -0.1) is 0 Å². The van der Waals surface area contributed by atoms with Crippen LogP contribution < -0.4 is 5.32 Å². The molecule has 1 aromatic rings. The zero-order valence-electron chi connectivity index (χ0n) is 13.9. The lowest BCUT2D eigenvalue weighted by atomic mass is 10.2. The van der Waals surface area contributed by atoms with Crippen LogP contribution >= 0.6 is 11.8 Å². The van der Waals surface area contributed by atoms with Crippen LogP contribution in [0, 0.1) is 0 Å². The summed E-state index contributed by atoms with van der Waals surface area (Å²) in [5.74, 6) is -3.92. The molecule has 11 heteroatoms. The fraction of sp³-hybridized carbons (Fsp3) is 0.467. The van der Waals surface area contributed by atoms with E-state index in [1.54, 1.807) is 0 Å². The smallest absolute Gasteiger partial charge is 0.324 e. The number of esters is 1. The number of carbonyl (C=O) groups is 2. The van der Waals surface area contributed by atoms with Crippen molar-refractivity contribution in [2.75, 3.05) is 24.7 Å². The van der Waals surface area contributed by atoms with Gasteiger partial charge in [0.1, 0.15) is 6.04 Å². The van der Waals surface area contributed by atoms with Crippen LogP contribution in [-0.2, 0) is 24.3 Å². The predicted octanol–water partition coefficient (Wildman–Crippen LogP) is 1.91. The van der Waals surface area contributed by atoms with Crippen LogP contribution in [0.15, 0.2) is 29.2 Å². The monoisotopic (exact) mass is 408 g/mol. The third-order valence-electron chi connectivity index (χ3n) is 3.61. The number of carbonyl (C=O) groups excluding carboxylic acids is 2. The largest absolute Gasteiger partial charge is 0.454 e. The molecular formula is C15H18F2N2O5S2. The molecule has 1 aliphatic heterocycles. The van der Waals surface area contributed by atoms with Crippen molar-refractivity contribution in [3.8, 4) is 0 Å². The van der Waals surface area contributed by atoms with E-state index in [9.17, 15) is 26.8 Å². The van der Waals surface area contributed by atoms with Gasteiger partial charge in [0, 0.05) is 17.1 Å². The van der Waals surface area contributed by atoms with Gasteiger partial charge in [0.2, 0.25) is 10.0 Å². The molecule has 1 N–H and O–H groups in total. The normalized spacial score (nSPS) is 18.1. The summed E-state index contributed by atoms with van der Waals surface area (Å²) in [4.78, 5) is 24.2. The molecule has 0 aromatic heterocycles. The quantitative estimate of drug-likeness (QED) is 0.547. The zero-order valence-corrected chi connectivity index (χ0v) is 15.5. The van der Waals surface area contributed by atoms with E-state index in [0.29, 0.717) is 35.2 Å². The molecule has 1 aromatic carbocycles.